The Hall–Kier alpha value is -3.22. The van der Waals surface area contributed by atoms with Gasteiger partial charge in [0.25, 0.3) is 0 Å². The fourth-order valence-corrected chi connectivity index (χ4v) is 3.10. The monoisotopic (exact) mass is 335 g/mol. The summed E-state index contributed by atoms with van der Waals surface area (Å²) in [6.07, 6.45) is 1.63. The molecule has 1 aromatic carbocycles. The SMILES string of the molecule is Cc1noc(C)c1-c1cnc2[nH]c(=O)n(C(C)c3ccccc3)c2n1. The molecule has 0 aliphatic carbocycles. The highest BCUT2D eigenvalue weighted by Crippen LogP contribution is 2.26. The summed E-state index contributed by atoms with van der Waals surface area (Å²) in [6.45, 7) is 5.65. The summed E-state index contributed by atoms with van der Waals surface area (Å²) < 4.78 is 6.84. The van der Waals surface area contributed by atoms with Crippen LogP contribution in [0, 0.1) is 13.8 Å². The minimum atomic E-state index is -0.234. The number of nitrogens with one attached hydrogen (secondary N) is 1. The molecule has 3 aromatic heterocycles. The Morgan fingerprint density at radius 1 is 1.20 bits per heavy atom. The maximum atomic E-state index is 12.5. The molecule has 1 N–H and O–H groups in total. The smallest absolute Gasteiger partial charge is 0.329 e. The molecule has 7 nitrogen and oxygen atoms in total. The van der Waals surface area contributed by atoms with E-state index in [4.69, 9.17) is 4.52 Å². The largest absolute Gasteiger partial charge is 0.361 e. The van der Waals surface area contributed by atoms with E-state index in [1.165, 1.54) is 0 Å². The van der Waals surface area contributed by atoms with Gasteiger partial charge < -0.3 is 4.52 Å². The van der Waals surface area contributed by atoms with Crippen molar-refractivity contribution in [2.45, 2.75) is 26.8 Å². The van der Waals surface area contributed by atoms with E-state index in [-0.39, 0.29) is 11.7 Å². The normalized spacial score (nSPS) is 12.6. The Kier molecular flexibility index (Phi) is 3.49. The van der Waals surface area contributed by atoms with Gasteiger partial charge in [0, 0.05) is 0 Å². The molecule has 0 aliphatic rings. The summed E-state index contributed by atoms with van der Waals surface area (Å²) >= 11 is 0. The average Bonchev–Trinajstić information content (AvgIpc) is 3.12. The minimum absolute atomic E-state index is 0.170. The highest BCUT2D eigenvalue weighted by Gasteiger charge is 2.19. The maximum absolute atomic E-state index is 12.5. The summed E-state index contributed by atoms with van der Waals surface area (Å²) in [7, 11) is 0. The molecule has 7 heteroatoms. The number of rotatable bonds is 3. The van der Waals surface area contributed by atoms with Crippen LogP contribution in [0.5, 0.6) is 0 Å². The van der Waals surface area contributed by atoms with Gasteiger partial charge in [-0.2, -0.15) is 0 Å². The second kappa shape index (κ2) is 5.70. The van der Waals surface area contributed by atoms with E-state index in [1.54, 1.807) is 10.8 Å². The van der Waals surface area contributed by atoms with Crippen molar-refractivity contribution >= 4 is 11.3 Å². The molecule has 1 unspecified atom stereocenters. The van der Waals surface area contributed by atoms with E-state index in [1.807, 2.05) is 51.1 Å². The van der Waals surface area contributed by atoms with Gasteiger partial charge in [0.2, 0.25) is 0 Å². The number of hydrogen-bond donors (Lipinski definition) is 1. The Morgan fingerprint density at radius 3 is 2.64 bits per heavy atom. The maximum Gasteiger partial charge on any atom is 0.329 e. The standard InChI is InChI=1S/C18H17N5O2/c1-10-15(12(3)25-22-10)14-9-19-16-17(20-14)23(18(24)21-16)11(2)13-7-5-4-6-8-13/h4-9,11H,1-3H3,(H,19,21,24). The fraction of sp³-hybridized carbons (Fsp3) is 0.222. The van der Waals surface area contributed by atoms with Gasteiger partial charge in [-0.25, -0.2) is 14.8 Å². The number of imidazole rings is 1. The first-order valence-electron chi connectivity index (χ1n) is 8.01. The zero-order valence-corrected chi connectivity index (χ0v) is 14.1. The van der Waals surface area contributed by atoms with Crippen LogP contribution >= 0.6 is 0 Å². The molecular weight excluding hydrogens is 318 g/mol. The summed E-state index contributed by atoms with van der Waals surface area (Å²) in [5.74, 6) is 0.673. The molecular formula is C18H17N5O2. The molecule has 0 saturated heterocycles. The van der Waals surface area contributed by atoms with Crippen LogP contribution in [-0.2, 0) is 0 Å². The van der Waals surface area contributed by atoms with Gasteiger partial charge in [0.15, 0.2) is 11.3 Å². The number of aromatic nitrogens is 5. The van der Waals surface area contributed by atoms with Crippen LogP contribution < -0.4 is 5.69 Å². The van der Waals surface area contributed by atoms with Gasteiger partial charge in [0.05, 0.1) is 29.2 Å². The number of aryl methyl sites for hydroxylation is 2. The number of H-pyrrole nitrogens is 1. The molecule has 4 aromatic rings. The quantitative estimate of drug-likeness (QED) is 0.621. The molecule has 0 spiro atoms. The molecule has 0 aliphatic heterocycles. The van der Waals surface area contributed by atoms with Gasteiger partial charge in [-0.05, 0) is 26.3 Å². The minimum Gasteiger partial charge on any atom is -0.361 e. The van der Waals surface area contributed by atoms with Crippen molar-refractivity contribution in [3.8, 4) is 11.3 Å². The second-order valence-electron chi connectivity index (χ2n) is 6.01. The third kappa shape index (κ3) is 2.44. The van der Waals surface area contributed by atoms with Crippen molar-refractivity contribution in [1.29, 1.82) is 0 Å². The summed E-state index contributed by atoms with van der Waals surface area (Å²) in [6, 6.07) is 9.66. The first kappa shape index (κ1) is 15.3. The van der Waals surface area contributed by atoms with E-state index in [0.29, 0.717) is 22.7 Å². The van der Waals surface area contributed by atoms with E-state index >= 15 is 0 Å². The zero-order valence-electron chi connectivity index (χ0n) is 14.1. The van der Waals surface area contributed by atoms with Gasteiger partial charge in [-0.1, -0.05) is 35.5 Å². The lowest BCUT2D eigenvalue weighted by Gasteiger charge is -2.13. The van der Waals surface area contributed by atoms with Crippen LogP contribution in [-0.4, -0.2) is 24.7 Å². The van der Waals surface area contributed by atoms with Crippen LogP contribution in [0.4, 0.5) is 0 Å². The molecule has 4 rings (SSSR count). The fourth-order valence-electron chi connectivity index (χ4n) is 3.10. The first-order valence-corrected chi connectivity index (χ1v) is 8.01. The highest BCUT2D eigenvalue weighted by molar-refractivity contribution is 5.72. The van der Waals surface area contributed by atoms with Crippen molar-refractivity contribution in [3.05, 3.63) is 64.0 Å². The van der Waals surface area contributed by atoms with Gasteiger partial charge in [0.1, 0.15) is 5.76 Å². The molecule has 0 bridgehead atoms. The van der Waals surface area contributed by atoms with Crippen LogP contribution in [0.15, 0.2) is 45.8 Å². The van der Waals surface area contributed by atoms with E-state index in [9.17, 15) is 4.79 Å². The summed E-state index contributed by atoms with van der Waals surface area (Å²) in [5, 5.41) is 3.96. The molecule has 3 heterocycles. The Balaban J connectivity index is 1.92. The zero-order chi connectivity index (χ0) is 17.6. The molecule has 0 fully saturated rings. The van der Waals surface area contributed by atoms with Crippen LogP contribution in [0.3, 0.4) is 0 Å². The summed E-state index contributed by atoms with van der Waals surface area (Å²) in [4.78, 5) is 24.3. The van der Waals surface area contributed by atoms with E-state index < -0.39 is 0 Å². The van der Waals surface area contributed by atoms with Crippen LogP contribution in [0.1, 0.15) is 30.0 Å². The molecule has 0 amide bonds. The van der Waals surface area contributed by atoms with Crippen molar-refractivity contribution in [2.24, 2.45) is 0 Å². The second-order valence-corrected chi connectivity index (χ2v) is 6.01. The van der Waals surface area contributed by atoms with E-state index in [0.717, 1.165) is 16.8 Å². The van der Waals surface area contributed by atoms with E-state index in [2.05, 4.69) is 20.1 Å². The highest BCUT2D eigenvalue weighted by atomic mass is 16.5. The van der Waals surface area contributed by atoms with Crippen molar-refractivity contribution in [1.82, 2.24) is 24.7 Å². The van der Waals surface area contributed by atoms with Crippen molar-refractivity contribution in [2.75, 3.05) is 0 Å². The Bertz CT molecular complexity index is 1090. The van der Waals surface area contributed by atoms with Crippen LogP contribution in [0.2, 0.25) is 0 Å². The molecule has 0 saturated carbocycles. The number of fused-ring (bicyclic) bond motifs is 1. The molecule has 25 heavy (non-hydrogen) atoms. The lowest BCUT2D eigenvalue weighted by Crippen LogP contribution is -2.21. The topological polar surface area (TPSA) is 89.6 Å². The number of aromatic amines is 1. The molecule has 126 valence electrons. The first-order chi connectivity index (χ1) is 12.1. The van der Waals surface area contributed by atoms with Gasteiger partial charge in [-0.15, -0.1) is 0 Å². The number of hydrogen-bond acceptors (Lipinski definition) is 5. The molecule has 1 atom stereocenters. The summed E-state index contributed by atoms with van der Waals surface area (Å²) in [5.41, 5.74) is 3.95. The third-order valence-corrected chi connectivity index (χ3v) is 4.39. The number of benzene rings is 1. The van der Waals surface area contributed by atoms with Crippen LogP contribution in [0.25, 0.3) is 22.6 Å². The average molecular weight is 335 g/mol. The predicted molar refractivity (Wildman–Crippen MR) is 93.4 cm³/mol. The molecule has 0 radical (unpaired) electrons. The Morgan fingerprint density at radius 2 is 1.96 bits per heavy atom. The van der Waals surface area contributed by atoms with Crippen molar-refractivity contribution < 1.29 is 4.52 Å². The lowest BCUT2D eigenvalue weighted by molar-refractivity contribution is 0.393. The van der Waals surface area contributed by atoms with Gasteiger partial charge in [-0.3, -0.25) is 9.55 Å². The van der Waals surface area contributed by atoms with Gasteiger partial charge >= 0.3 is 5.69 Å². The third-order valence-electron chi connectivity index (χ3n) is 4.39. The lowest BCUT2D eigenvalue weighted by atomic mass is 10.1. The Labute approximate surface area is 143 Å². The predicted octanol–water partition coefficient (Wildman–Crippen LogP) is 3.00. The number of nitrogens with zero attached hydrogens (tertiary/aromatic N) is 4. The van der Waals surface area contributed by atoms with Crippen molar-refractivity contribution in [3.63, 3.8) is 0 Å².